The van der Waals surface area contributed by atoms with Crippen LogP contribution in [0.1, 0.15) is 27.2 Å². The molecule has 1 rings (SSSR count). The van der Waals surface area contributed by atoms with Gasteiger partial charge in [-0.3, -0.25) is 4.79 Å². The largest absolute Gasteiger partial charge is 0.372 e. The molecule has 1 amide bonds. The summed E-state index contributed by atoms with van der Waals surface area (Å²) in [5, 5.41) is 12.8. The van der Waals surface area contributed by atoms with Crippen molar-refractivity contribution < 1.29 is 9.90 Å². The molecule has 1 atom stereocenters. The Morgan fingerprint density at radius 3 is 2.50 bits per heavy atom. The molecule has 1 saturated heterocycles. The molecule has 0 radical (unpaired) electrons. The lowest BCUT2D eigenvalue weighted by atomic mass is 10.3. The number of aliphatic hydroxyl groups is 1. The molecule has 1 aliphatic heterocycles. The summed E-state index contributed by atoms with van der Waals surface area (Å²) in [5.41, 5.74) is 0. The molecular formula is C8H16N2O2. The van der Waals surface area contributed by atoms with Crippen molar-refractivity contribution in [3.63, 3.8) is 0 Å². The molecule has 0 aromatic carbocycles. The third kappa shape index (κ3) is 1.59. The topological polar surface area (TPSA) is 43.8 Å². The van der Waals surface area contributed by atoms with E-state index in [2.05, 4.69) is 0 Å². The van der Waals surface area contributed by atoms with Crippen LogP contribution < -0.4 is 0 Å². The number of aliphatic hydroxyl groups excluding tert-OH is 1. The van der Waals surface area contributed by atoms with Gasteiger partial charge in [-0.2, -0.15) is 0 Å². The van der Waals surface area contributed by atoms with Gasteiger partial charge < -0.3 is 5.11 Å². The molecule has 0 spiro atoms. The number of hydrazine groups is 1. The highest BCUT2D eigenvalue weighted by atomic mass is 16.3. The Balaban J connectivity index is 2.70. The molecule has 1 heterocycles. The second kappa shape index (κ2) is 3.41. The summed E-state index contributed by atoms with van der Waals surface area (Å²) in [6.07, 6.45) is 0.0301. The van der Waals surface area contributed by atoms with Gasteiger partial charge in [0, 0.05) is 25.9 Å². The first-order chi connectivity index (χ1) is 5.54. The molecule has 1 fully saturated rings. The molecule has 0 aromatic heterocycles. The molecule has 0 aromatic rings. The highest BCUT2D eigenvalue weighted by Gasteiger charge is 2.33. The van der Waals surface area contributed by atoms with Gasteiger partial charge in [0.2, 0.25) is 5.91 Å². The van der Waals surface area contributed by atoms with Crippen molar-refractivity contribution in [3.8, 4) is 0 Å². The molecule has 0 aliphatic carbocycles. The number of nitrogens with zero attached hydrogens (tertiary/aromatic N) is 2. The van der Waals surface area contributed by atoms with E-state index >= 15 is 0 Å². The third-order valence-corrected chi connectivity index (χ3v) is 2.09. The van der Waals surface area contributed by atoms with E-state index in [1.54, 1.807) is 0 Å². The Hall–Kier alpha value is -0.610. The van der Waals surface area contributed by atoms with E-state index < -0.39 is 6.23 Å². The summed E-state index contributed by atoms with van der Waals surface area (Å²) in [5.74, 6) is -0.0892. The fourth-order valence-electron chi connectivity index (χ4n) is 1.55. The summed E-state index contributed by atoms with van der Waals surface area (Å²) in [6.45, 7) is 6.25. The van der Waals surface area contributed by atoms with Gasteiger partial charge >= 0.3 is 0 Å². The van der Waals surface area contributed by atoms with Crippen molar-refractivity contribution in [3.05, 3.63) is 0 Å². The average Bonchev–Trinajstić information content (AvgIpc) is 2.30. The predicted octanol–water partition coefficient (Wildman–Crippen LogP) is 0.182. The molecule has 1 aliphatic rings. The second-order valence-electron chi connectivity index (χ2n) is 3.39. The molecule has 12 heavy (non-hydrogen) atoms. The smallest absolute Gasteiger partial charge is 0.236 e. The van der Waals surface area contributed by atoms with Crippen LogP contribution >= 0.6 is 0 Å². The third-order valence-electron chi connectivity index (χ3n) is 2.09. The number of hydrogen-bond donors (Lipinski definition) is 1. The summed E-state index contributed by atoms with van der Waals surface area (Å²) in [6, 6.07) is 0.269. The van der Waals surface area contributed by atoms with E-state index in [9.17, 15) is 9.90 Å². The maximum absolute atomic E-state index is 11.1. The Kier molecular flexibility index (Phi) is 2.69. The van der Waals surface area contributed by atoms with Gasteiger partial charge in [0.25, 0.3) is 0 Å². The van der Waals surface area contributed by atoms with Crippen LogP contribution in [0.4, 0.5) is 0 Å². The van der Waals surface area contributed by atoms with Gasteiger partial charge in [-0.1, -0.05) is 0 Å². The van der Waals surface area contributed by atoms with Gasteiger partial charge in [-0.05, 0) is 13.8 Å². The number of amides is 1. The Bertz CT molecular complexity index is 182. The molecule has 1 unspecified atom stereocenters. The van der Waals surface area contributed by atoms with Crippen LogP contribution in [0.15, 0.2) is 0 Å². The average molecular weight is 172 g/mol. The van der Waals surface area contributed by atoms with Crippen LogP contribution in [0.5, 0.6) is 0 Å². The summed E-state index contributed by atoms with van der Waals surface area (Å²) in [4.78, 5) is 11.1. The van der Waals surface area contributed by atoms with E-state index in [4.69, 9.17) is 0 Å². The minimum absolute atomic E-state index is 0.0892. The summed E-state index contributed by atoms with van der Waals surface area (Å²) < 4.78 is 0. The van der Waals surface area contributed by atoms with Gasteiger partial charge in [0.05, 0.1) is 0 Å². The predicted molar refractivity (Wildman–Crippen MR) is 45.0 cm³/mol. The van der Waals surface area contributed by atoms with Gasteiger partial charge in [-0.15, -0.1) is 0 Å². The lowest BCUT2D eigenvalue weighted by Crippen LogP contribution is -2.47. The van der Waals surface area contributed by atoms with Crippen LogP contribution in [-0.2, 0) is 4.79 Å². The second-order valence-corrected chi connectivity index (χ2v) is 3.39. The van der Waals surface area contributed by atoms with Crippen molar-refractivity contribution in [1.82, 2.24) is 10.0 Å². The van der Waals surface area contributed by atoms with Crippen molar-refractivity contribution in [2.45, 2.75) is 39.5 Å². The zero-order valence-corrected chi connectivity index (χ0v) is 7.82. The van der Waals surface area contributed by atoms with Crippen molar-refractivity contribution in [1.29, 1.82) is 0 Å². The van der Waals surface area contributed by atoms with E-state index in [0.29, 0.717) is 6.42 Å². The minimum atomic E-state index is -0.620. The van der Waals surface area contributed by atoms with Crippen molar-refractivity contribution >= 4 is 5.91 Å². The van der Waals surface area contributed by atoms with Gasteiger partial charge in [0.15, 0.2) is 0 Å². The zero-order valence-electron chi connectivity index (χ0n) is 7.82. The van der Waals surface area contributed by atoms with E-state index in [1.807, 2.05) is 18.9 Å². The monoisotopic (exact) mass is 172 g/mol. The molecule has 70 valence electrons. The van der Waals surface area contributed by atoms with E-state index in [-0.39, 0.29) is 11.9 Å². The van der Waals surface area contributed by atoms with E-state index in [1.165, 1.54) is 11.9 Å². The fourth-order valence-corrected chi connectivity index (χ4v) is 1.55. The Morgan fingerprint density at radius 1 is 1.58 bits per heavy atom. The standard InChI is InChI=1S/C8H16N2O2/c1-6(2)9-5-4-8(12)10(9)7(3)11/h6,8,12H,4-5H2,1-3H3. The zero-order chi connectivity index (χ0) is 9.30. The minimum Gasteiger partial charge on any atom is -0.372 e. The van der Waals surface area contributed by atoms with Crippen LogP contribution in [0.3, 0.4) is 0 Å². The number of carbonyl (C=O) groups is 1. The fraction of sp³-hybridized carbons (Fsp3) is 0.875. The molecule has 0 bridgehead atoms. The van der Waals surface area contributed by atoms with E-state index in [0.717, 1.165) is 6.54 Å². The number of rotatable bonds is 1. The summed E-state index contributed by atoms with van der Waals surface area (Å²) >= 11 is 0. The maximum Gasteiger partial charge on any atom is 0.236 e. The number of carbonyl (C=O) groups excluding carboxylic acids is 1. The van der Waals surface area contributed by atoms with Gasteiger partial charge in [0.1, 0.15) is 6.23 Å². The first-order valence-electron chi connectivity index (χ1n) is 4.28. The molecule has 4 nitrogen and oxygen atoms in total. The van der Waals surface area contributed by atoms with Crippen LogP contribution in [0.25, 0.3) is 0 Å². The first kappa shape index (κ1) is 9.48. The lowest BCUT2D eigenvalue weighted by molar-refractivity contribution is -0.160. The first-order valence-corrected chi connectivity index (χ1v) is 4.28. The molecule has 4 heteroatoms. The Morgan fingerprint density at radius 2 is 2.17 bits per heavy atom. The lowest BCUT2D eigenvalue weighted by Gasteiger charge is -2.31. The van der Waals surface area contributed by atoms with Crippen LogP contribution in [0, 0.1) is 0 Å². The summed E-state index contributed by atoms with van der Waals surface area (Å²) in [7, 11) is 0. The molecular weight excluding hydrogens is 156 g/mol. The van der Waals surface area contributed by atoms with Gasteiger partial charge in [-0.25, -0.2) is 10.0 Å². The van der Waals surface area contributed by atoms with Crippen LogP contribution in [-0.4, -0.2) is 39.8 Å². The Labute approximate surface area is 72.7 Å². The maximum atomic E-state index is 11.1. The normalized spacial score (nSPS) is 25.4. The highest BCUT2D eigenvalue weighted by molar-refractivity contribution is 5.73. The SMILES string of the molecule is CC(=O)N1C(O)CCN1C(C)C. The quantitative estimate of drug-likeness (QED) is 0.613. The highest BCUT2D eigenvalue weighted by Crippen LogP contribution is 2.18. The van der Waals surface area contributed by atoms with Crippen molar-refractivity contribution in [2.24, 2.45) is 0 Å². The van der Waals surface area contributed by atoms with Crippen molar-refractivity contribution in [2.75, 3.05) is 6.54 Å². The molecule has 0 saturated carbocycles. The number of hydrogen-bond acceptors (Lipinski definition) is 3. The molecule has 1 N–H and O–H groups in total. The van der Waals surface area contributed by atoms with Crippen LogP contribution in [0.2, 0.25) is 0 Å².